The van der Waals surface area contributed by atoms with Crippen molar-refractivity contribution in [1.82, 2.24) is 4.57 Å². The number of nitrogens with zero attached hydrogens (tertiary/aromatic N) is 2. The van der Waals surface area contributed by atoms with Crippen molar-refractivity contribution in [1.29, 1.82) is 0 Å². The van der Waals surface area contributed by atoms with Crippen LogP contribution in [0.3, 0.4) is 0 Å². The molecule has 108 valence electrons. The maximum absolute atomic E-state index is 12.2. The summed E-state index contributed by atoms with van der Waals surface area (Å²) in [5.41, 5.74) is 1.33. The molecule has 2 aromatic rings. The van der Waals surface area contributed by atoms with Gasteiger partial charge in [-0.25, -0.2) is 9.36 Å². The number of fused-ring (bicyclic) bond motifs is 1. The third kappa shape index (κ3) is 2.33. The van der Waals surface area contributed by atoms with Crippen molar-refractivity contribution in [3.63, 3.8) is 0 Å². The Bertz CT molecular complexity index is 891. The van der Waals surface area contributed by atoms with E-state index < -0.39 is 11.5 Å². The molecule has 1 aliphatic heterocycles. The van der Waals surface area contributed by atoms with E-state index in [1.807, 2.05) is 25.1 Å². The molecule has 0 amide bonds. The molecule has 0 saturated heterocycles. The quantitative estimate of drug-likeness (QED) is 0.707. The summed E-state index contributed by atoms with van der Waals surface area (Å²) in [7, 11) is 1.55. The molecule has 1 aromatic heterocycles. The number of rotatable bonds is 2. The first-order valence-electron chi connectivity index (χ1n) is 6.22. The molecule has 1 aromatic carbocycles. The van der Waals surface area contributed by atoms with Crippen LogP contribution >= 0.6 is 0 Å². The van der Waals surface area contributed by atoms with Gasteiger partial charge in [0.15, 0.2) is 5.42 Å². The van der Waals surface area contributed by atoms with E-state index >= 15 is 0 Å². The van der Waals surface area contributed by atoms with Gasteiger partial charge in [0.25, 0.3) is 5.56 Å². The van der Waals surface area contributed by atoms with Crippen LogP contribution in [0.15, 0.2) is 32.6 Å². The molecule has 0 fully saturated rings. The van der Waals surface area contributed by atoms with Crippen molar-refractivity contribution in [2.24, 2.45) is 5.16 Å². The van der Waals surface area contributed by atoms with Crippen molar-refractivity contribution < 1.29 is 18.8 Å². The Labute approximate surface area is 118 Å². The van der Waals surface area contributed by atoms with E-state index in [1.54, 1.807) is 13.2 Å². The molecule has 7 nitrogen and oxygen atoms in total. The highest BCUT2D eigenvalue weighted by Gasteiger charge is 2.18. The summed E-state index contributed by atoms with van der Waals surface area (Å²) in [6.07, 6.45) is 1.55. The zero-order valence-electron chi connectivity index (χ0n) is 11.5. The first-order valence-corrected chi connectivity index (χ1v) is 6.22. The van der Waals surface area contributed by atoms with Crippen LogP contribution in [0.1, 0.15) is 11.1 Å². The second-order valence-electron chi connectivity index (χ2n) is 4.58. The molecular weight excluding hydrogens is 276 g/mol. The van der Waals surface area contributed by atoms with Gasteiger partial charge >= 0.3 is 11.7 Å². The highest BCUT2D eigenvalue weighted by atomic mass is 16.7. The Kier molecular flexibility index (Phi) is 3.09. The Balaban J connectivity index is 2.19. The topological polar surface area (TPSA) is 83.0 Å². The van der Waals surface area contributed by atoms with E-state index in [2.05, 4.69) is 9.99 Å². The predicted octanol–water partition coefficient (Wildman–Crippen LogP) is -0.321. The summed E-state index contributed by atoms with van der Waals surface area (Å²) >= 11 is 0. The van der Waals surface area contributed by atoms with Gasteiger partial charge in [0.05, 0.1) is 7.11 Å². The zero-order valence-corrected chi connectivity index (χ0v) is 11.5. The monoisotopic (exact) mass is 288 g/mol. The molecule has 0 spiro atoms. The van der Waals surface area contributed by atoms with Crippen molar-refractivity contribution >= 4 is 12.0 Å². The molecule has 0 N–H and O–H groups in total. The molecular formula is C14H12N2O5. The van der Waals surface area contributed by atoms with Crippen LogP contribution < -0.4 is 21.4 Å². The number of aryl methyl sites for hydroxylation is 1. The minimum Gasteiger partial charge on any atom is -0.496 e. The van der Waals surface area contributed by atoms with Crippen LogP contribution in [-0.4, -0.2) is 17.6 Å². The number of ether oxygens (including phenoxy) is 1. The molecule has 2 heterocycles. The van der Waals surface area contributed by atoms with E-state index in [0.717, 1.165) is 10.1 Å². The van der Waals surface area contributed by atoms with Gasteiger partial charge in [0.2, 0.25) is 0 Å². The lowest BCUT2D eigenvalue weighted by atomic mass is 10.1. The van der Waals surface area contributed by atoms with Crippen LogP contribution in [0, 0.1) is 6.92 Å². The largest absolute Gasteiger partial charge is 0.496 e. The minimum atomic E-state index is -0.607. The fraction of sp³-hybridized carbons (Fsp3) is 0.214. The molecule has 0 bridgehead atoms. The van der Waals surface area contributed by atoms with Crippen LogP contribution in [-0.2, 0) is 16.2 Å². The van der Waals surface area contributed by atoms with Crippen LogP contribution in [0.25, 0.3) is 6.08 Å². The molecule has 0 saturated carbocycles. The van der Waals surface area contributed by atoms with Gasteiger partial charge in [0, 0.05) is 5.56 Å². The van der Waals surface area contributed by atoms with Gasteiger partial charge in [-0.1, -0.05) is 12.1 Å². The SMILES string of the molecule is COc1cc(C)ccc1/C=c1/oc2n(c1=O)CC(=O)ON=2. The fourth-order valence-electron chi connectivity index (χ4n) is 2.04. The highest BCUT2D eigenvalue weighted by molar-refractivity contribution is 5.69. The number of carbonyl (C=O) groups excluding carboxylic acids is 1. The van der Waals surface area contributed by atoms with Gasteiger partial charge in [0.1, 0.15) is 12.3 Å². The van der Waals surface area contributed by atoms with Gasteiger partial charge in [-0.05, 0) is 29.8 Å². The molecule has 7 heteroatoms. The van der Waals surface area contributed by atoms with Gasteiger partial charge < -0.3 is 14.0 Å². The van der Waals surface area contributed by atoms with Crippen molar-refractivity contribution in [2.75, 3.05) is 7.11 Å². The summed E-state index contributed by atoms with van der Waals surface area (Å²) in [6.45, 7) is 1.73. The third-order valence-corrected chi connectivity index (χ3v) is 3.08. The Morgan fingerprint density at radius 1 is 1.38 bits per heavy atom. The highest BCUT2D eigenvalue weighted by Crippen LogP contribution is 2.20. The smallest absolute Gasteiger partial charge is 0.355 e. The molecule has 3 rings (SSSR count). The van der Waals surface area contributed by atoms with Gasteiger partial charge in [-0.2, -0.15) is 0 Å². The summed E-state index contributed by atoms with van der Waals surface area (Å²) < 4.78 is 11.7. The number of carbonyl (C=O) groups is 1. The van der Waals surface area contributed by atoms with Crippen LogP contribution in [0.5, 0.6) is 5.75 Å². The molecule has 0 aliphatic carbocycles. The standard InChI is InChI=1S/C14H12N2O5/c1-8-3-4-9(10(5-8)19-2)6-11-13(18)16-7-12(17)21-15-14(16)20-11/h3-6H,7H2,1-2H3/b11-6+. The van der Waals surface area contributed by atoms with Gasteiger partial charge in [-0.15, -0.1) is 0 Å². The summed E-state index contributed by atoms with van der Waals surface area (Å²) in [5.74, 6) is 0.0166. The number of hydrogen-bond acceptors (Lipinski definition) is 6. The first-order chi connectivity index (χ1) is 10.1. The summed E-state index contributed by atoms with van der Waals surface area (Å²) in [6, 6.07) is 5.56. The number of aromatic nitrogens is 1. The number of hydrogen-bond donors (Lipinski definition) is 0. The third-order valence-electron chi connectivity index (χ3n) is 3.08. The lowest BCUT2D eigenvalue weighted by molar-refractivity contribution is -0.147. The number of oxazole rings is 1. The fourth-order valence-corrected chi connectivity index (χ4v) is 2.04. The van der Waals surface area contributed by atoms with Crippen molar-refractivity contribution in [2.45, 2.75) is 13.5 Å². The van der Waals surface area contributed by atoms with E-state index in [4.69, 9.17) is 9.15 Å². The average molecular weight is 288 g/mol. The van der Waals surface area contributed by atoms with E-state index in [1.165, 1.54) is 0 Å². The number of methoxy groups -OCH3 is 1. The van der Waals surface area contributed by atoms with Gasteiger partial charge in [-0.3, -0.25) is 4.79 Å². The van der Waals surface area contributed by atoms with Crippen molar-refractivity contribution in [3.8, 4) is 5.75 Å². The molecule has 0 radical (unpaired) electrons. The minimum absolute atomic E-state index is 0.0306. The molecule has 21 heavy (non-hydrogen) atoms. The molecule has 0 atom stereocenters. The zero-order chi connectivity index (χ0) is 15.0. The molecule has 0 unspecified atom stereocenters. The Hall–Kier alpha value is -2.83. The Morgan fingerprint density at radius 3 is 2.95 bits per heavy atom. The number of benzene rings is 1. The lowest BCUT2D eigenvalue weighted by Gasteiger charge is -2.04. The normalized spacial score (nSPS) is 14.4. The summed E-state index contributed by atoms with van der Waals surface area (Å²) in [5, 5.41) is 3.45. The second kappa shape index (κ2) is 4.93. The van der Waals surface area contributed by atoms with E-state index in [-0.39, 0.29) is 17.6 Å². The van der Waals surface area contributed by atoms with E-state index in [9.17, 15) is 9.59 Å². The maximum Gasteiger partial charge on any atom is 0.355 e. The Morgan fingerprint density at radius 2 is 2.19 bits per heavy atom. The van der Waals surface area contributed by atoms with Crippen LogP contribution in [0.4, 0.5) is 0 Å². The molecule has 1 aliphatic rings. The lowest BCUT2D eigenvalue weighted by Crippen LogP contribution is -2.37. The van der Waals surface area contributed by atoms with E-state index in [0.29, 0.717) is 11.3 Å². The summed E-state index contributed by atoms with van der Waals surface area (Å²) in [4.78, 5) is 27.8. The first kappa shape index (κ1) is 13.2. The maximum atomic E-state index is 12.2. The van der Waals surface area contributed by atoms with Crippen molar-refractivity contribution in [3.05, 3.63) is 50.8 Å². The predicted molar refractivity (Wildman–Crippen MR) is 71.1 cm³/mol. The van der Waals surface area contributed by atoms with Crippen LogP contribution in [0.2, 0.25) is 0 Å². The second-order valence-corrected chi connectivity index (χ2v) is 4.58. The average Bonchev–Trinajstić information content (AvgIpc) is 2.77.